The quantitative estimate of drug-likeness (QED) is 0.629. The van der Waals surface area contributed by atoms with Crippen LogP contribution in [0, 0.1) is 34.5 Å². The molecule has 0 aliphatic carbocycles. The molecule has 0 aliphatic rings. The molecule has 3 heteroatoms. The number of nitriles is 2. The molecule has 0 aliphatic heterocycles. The van der Waals surface area contributed by atoms with Crippen molar-refractivity contribution in [1.29, 1.82) is 10.5 Å². The van der Waals surface area contributed by atoms with Crippen LogP contribution < -0.4 is 0 Å². The van der Waals surface area contributed by atoms with E-state index in [1.54, 1.807) is 0 Å². The van der Waals surface area contributed by atoms with Crippen LogP contribution >= 0.6 is 0 Å². The van der Waals surface area contributed by atoms with Gasteiger partial charge in [-0.25, -0.2) is 0 Å². The Kier molecular flexibility index (Phi) is 6.96. The van der Waals surface area contributed by atoms with Gasteiger partial charge in [0.15, 0.2) is 0 Å². The van der Waals surface area contributed by atoms with Crippen molar-refractivity contribution in [2.75, 3.05) is 13.2 Å². The molecule has 0 aromatic heterocycles. The lowest BCUT2D eigenvalue weighted by Gasteiger charge is -2.09. The minimum absolute atomic E-state index is 0.0313. The molecule has 0 rings (SSSR count). The van der Waals surface area contributed by atoms with Gasteiger partial charge < -0.3 is 4.74 Å². The molecule has 13 heavy (non-hydrogen) atoms. The van der Waals surface area contributed by atoms with E-state index in [0.29, 0.717) is 13.2 Å². The summed E-state index contributed by atoms with van der Waals surface area (Å²) >= 11 is 0. The molecule has 0 saturated heterocycles. The van der Waals surface area contributed by atoms with Gasteiger partial charge in [-0.3, -0.25) is 0 Å². The largest absolute Gasteiger partial charge is 0.379 e. The second-order valence-corrected chi connectivity index (χ2v) is 3.01. The van der Waals surface area contributed by atoms with Crippen LogP contribution in [0.5, 0.6) is 0 Å². The number of nitrogens with zero attached hydrogens (tertiary/aromatic N) is 2. The van der Waals surface area contributed by atoms with Crippen LogP contribution in [0.2, 0.25) is 0 Å². The Morgan fingerprint density at radius 3 is 1.62 bits per heavy atom. The monoisotopic (exact) mass is 180 g/mol. The predicted octanol–water partition coefficient (Wildman–Crippen LogP) is 2.10. The van der Waals surface area contributed by atoms with E-state index in [1.165, 1.54) is 0 Å². The Labute approximate surface area is 79.9 Å². The summed E-state index contributed by atoms with van der Waals surface area (Å²) in [6, 6.07) is 4.31. The van der Waals surface area contributed by atoms with Crippen LogP contribution in [0.15, 0.2) is 0 Å². The molecule has 0 N–H and O–H groups in total. The first kappa shape index (κ1) is 11.9. The van der Waals surface area contributed by atoms with Gasteiger partial charge in [-0.05, 0) is 12.8 Å². The summed E-state index contributed by atoms with van der Waals surface area (Å²) in [5.41, 5.74) is 0. The van der Waals surface area contributed by atoms with Crippen LogP contribution in [0.25, 0.3) is 0 Å². The van der Waals surface area contributed by atoms with E-state index < -0.39 is 0 Å². The number of hydrogen-bond donors (Lipinski definition) is 0. The van der Waals surface area contributed by atoms with Gasteiger partial charge in [0.25, 0.3) is 0 Å². The van der Waals surface area contributed by atoms with Gasteiger partial charge in [-0.15, -0.1) is 0 Å². The molecular weight excluding hydrogens is 164 g/mol. The van der Waals surface area contributed by atoms with E-state index in [4.69, 9.17) is 15.3 Å². The molecule has 2 unspecified atom stereocenters. The van der Waals surface area contributed by atoms with E-state index in [1.807, 2.05) is 13.8 Å². The zero-order valence-electron chi connectivity index (χ0n) is 8.29. The zero-order valence-corrected chi connectivity index (χ0v) is 8.29. The van der Waals surface area contributed by atoms with Crippen LogP contribution in [-0.4, -0.2) is 13.2 Å². The highest BCUT2D eigenvalue weighted by Gasteiger charge is 2.07. The summed E-state index contributed by atoms with van der Waals surface area (Å²) in [6.07, 6.45) is 1.61. The molecule has 0 heterocycles. The zero-order chi connectivity index (χ0) is 10.1. The maximum Gasteiger partial charge on any atom is 0.0694 e. The second kappa shape index (κ2) is 7.58. The lowest BCUT2D eigenvalue weighted by molar-refractivity contribution is 0.0946. The lowest BCUT2D eigenvalue weighted by Crippen LogP contribution is -2.12. The third-order valence-electron chi connectivity index (χ3n) is 1.99. The minimum atomic E-state index is -0.0313. The lowest BCUT2D eigenvalue weighted by atomic mass is 10.1. The Balaban J connectivity index is 3.56. The Bertz CT molecular complexity index is 180. The van der Waals surface area contributed by atoms with Gasteiger partial charge in [0, 0.05) is 0 Å². The molecule has 0 radical (unpaired) electrons. The van der Waals surface area contributed by atoms with E-state index >= 15 is 0 Å². The molecule has 0 fully saturated rings. The first-order valence-corrected chi connectivity index (χ1v) is 4.65. The maximum atomic E-state index is 8.61. The normalized spacial score (nSPS) is 14.2. The summed E-state index contributed by atoms with van der Waals surface area (Å²) < 4.78 is 5.28. The average Bonchev–Trinajstić information content (AvgIpc) is 2.19. The number of hydrogen-bond acceptors (Lipinski definition) is 3. The van der Waals surface area contributed by atoms with Crippen LogP contribution in [0.3, 0.4) is 0 Å². The van der Waals surface area contributed by atoms with Crippen molar-refractivity contribution in [3.05, 3.63) is 0 Å². The average molecular weight is 180 g/mol. The van der Waals surface area contributed by atoms with Gasteiger partial charge in [-0.1, -0.05) is 13.8 Å². The summed E-state index contributed by atoms with van der Waals surface area (Å²) in [4.78, 5) is 0. The molecule has 0 saturated carbocycles. The number of rotatable bonds is 6. The fourth-order valence-electron chi connectivity index (χ4n) is 0.845. The molecule has 3 nitrogen and oxygen atoms in total. The van der Waals surface area contributed by atoms with Crippen molar-refractivity contribution in [2.24, 2.45) is 11.8 Å². The first-order chi connectivity index (χ1) is 6.28. The van der Waals surface area contributed by atoms with Gasteiger partial charge in [0.1, 0.15) is 0 Å². The summed E-state index contributed by atoms with van der Waals surface area (Å²) in [6.45, 7) is 4.81. The molecule has 0 aromatic carbocycles. The summed E-state index contributed by atoms with van der Waals surface area (Å²) in [5, 5.41) is 17.2. The summed E-state index contributed by atoms with van der Waals surface area (Å²) in [5.74, 6) is -0.0626. The molecule has 0 bridgehead atoms. The standard InChI is InChI=1S/C10H16N2O/c1-3-9(5-11)7-13-8-10(4-2)6-12/h9-10H,3-4,7-8H2,1-2H3. The molecule has 0 amide bonds. The topological polar surface area (TPSA) is 56.8 Å². The minimum Gasteiger partial charge on any atom is -0.379 e. The molecule has 72 valence electrons. The maximum absolute atomic E-state index is 8.61. The van der Waals surface area contributed by atoms with Crippen molar-refractivity contribution in [3.63, 3.8) is 0 Å². The van der Waals surface area contributed by atoms with Gasteiger partial charge in [0.2, 0.25) is 0 Å². The highest BCUT2D eigenvalue weighted by Crippen LogP contribution is 2.05. The van der Waals surface area contributed by atoms with Crippen molar-refractivity contribution in [1.82, 2.24) is 0 Å². The van der Waals surface area contributed by atoms with E-state index in [2.05, 4.69) is 12.1 Å². The Hall–Kier alpha value is -1.06. The Morgan fingerprint density at radius 1 is 1.00 bits per heavy atom. The molecule has 2 atom stereocenters. The van der Waals surface area contributed by atoms with Gasteiger partial charge >= 0.3 is 0 Å². The molecule has 0 aromatic rings. The van der Waals surface area contributed by atoms with E-state index in [9.17, 15) is 0 Å². The van der Waals surface area contributed by atoms with Crippen molar-refractivity contribution < 1.29 is 4.74 Å². The third kappa shape index (κ3) is 5.22. The number of ether oxygens (including phenoxy) is 1. The van der Waals surface area contributed by atoms with E-state index in [-0.39, 0.29) is 11.8 Å². The van der Waals surface area contributed by atoms with Crippen LogP contribution in [0.4, 0.5) is 0 Å². The first-order valence-electron chi connectivity index (χ1n) is 4.65. The van der Waals surface area contributed by atoms with Crippen molar-refractivity contribution in [3.8, 4) is 12.1 Å². The fraction of sp³-hybridized carbons (Fsp3) is 0.800. The predicted molar refractivity (Wildman–Crippen MR) is 49.6 cm³/mol. The van der Waals surface area contributed by atoms with Gasteiger partial charge in [-0.2, -0.15) is 10.5 Å². The fourth-order valence-corrected chi connectivity index (χ4v) is 0.845. The van der Waals surface area contributed by atoms with Gasteiger partial charge in [0.05, 0.1) is 37.2 Å². The third-order valence-corrected chi connectivity index (χ3v) is 1.99. The molecular formula is C10H16N2O. The smallest absolute Gasteiger partial charge is 0.0694 e. The molecule has 0 spiro atoms. The van der Waals surface area contributed by atoms with E-state index in [0.717, 1.165) is 12.8 Å². The van der Waals surface area contributed by atoms with Crippen molar-refractivity contribution in [2.45, 2.75) is 26.7 Å². The van der Waals surface area contributed by atoms with Crippen LogP contribution in [-0.2, 0) is 4.74 Å². The second-order valence-electron chi connectivity index (χ2n) is 3.01. The van der Waals surface area contributed by atoms with Crippen molar-refractivity contribution >= 4 is 0 Å². The highest BCUT2D eigenvalue weighted by molar-refractivity contribution is 4.83. The SMILES string of the molecule is CCC(C#N)COCC(C#N)CC. The highest BCUT2D eigenvalue weighted by atomic mass is 16.5. The summed E-state index contributed by atoms with van der Waals surface area (Å²) in [7, 11) is 0. The van der Waals surface area contributed by atoms with Crippen LogP contribution in [0.1, 0.15) is 26.7 Å². The Morgan fingerprint density at radius 2 is 1.38 bits per heavy atom.